The number of hydrogen-bond acceptors (Lipinski definition) is 4. The average Bonchev–Trinajstić information content (AvgIpc) is 2.69. The molecule has 1 saturated heterocycles. The van der Waals surface area contributed by atoms with Crippen molar-refractivity contribution in [1.82, 2.24) is 14.8 Å². The van der Waals surface area contributed by atoms with E-state index < -0.39 is 5.60 Å². The molecule has 0 spiro atoms. The lowest BCUT2D eigenvalue weighted by Gasteiger charge is -2.30. The standard InChI is InChI=1S/C19H27N3O/c1-21(2)15-19(23)8-4-11-22(12-9-19)14-17-6-3-5-16-13-20-10-7-18(16)17/h3,5-7,10,13,23H,4,8-9,11-12,14-15H2,1-2H3. The van der Waals surface area contributed by atoms with E-state index >= 15 is 0 Å². The second-order valence-corrected chi connectivity index (χ2v) is 7.11. The number of fused-ring (bicyclic) bond motifs is 1. The highest BCUT2D eigenvalue weighted by Gasteiger charge is 2.30. The van der Waals surface area contributed by atoms with E-state index in [1.165, 1.54) is 16.3 Å². The second-order valence-electron chi connectivity index (χ2n) is 7.11. The molecule has 0 aliphatic carbocycles. The quantitative estimate of drug-likeness (QED) is 0.941. The molecule has 4 heteroatoms. The second kappa shape index (κ2) is 6.95. The Balaban J connectivity index is 1.71. The predicted octanol–water partition coefficient (Wildman–Crippen LogP) is 2.51. The van der Waals surface area contributed by atoms with Crippen molar-refractivity contribution in [2.24, 2.45) is 0 Å². The third-order valence-corrected chi connectivity index (χ3v) is 4.79. The van der Waals surface area contributed by atoms with Gasteiger partial charge in [0.25, 0.3) is 0 Å². The van der Waals surface area contributed by atoms with Crippen molar-refractivity contribution in [1.29, 1.82) is 0 Å². The fourth-order valence-corrected chi connectivity index (χ4v) is 3.71. The molecule has 1 aromatic heterocycles. The van der Waals surface area contributed by atoms with E-state index in [0.717, 1.165) is 45.4 Å². The van der Waals surface area contributed by atoms with Crippen LogP contribution in [0.5, 0.6) is 0 Å². The summed E-state index contributed by atoms with van der Waals surface area (Å²) in [5.41, 5.74) is 0.809. The molecule has 1 aliphatic rings. The molecule has 1 N–H and O–H groups in total. The first-order valence-corrected chi connectivity index (χ1v) is 8.47. The molecule has 1 unspecified atom stereocenters. The van der Waals surface area contributed by atoms with Crippen molar-refractivity contribution < 1.29 is 5.11 Å². The molecule has 2 heterocycles. The normalized spacial score (nSPS) is 23.3. The van der Waals surface area contributed by atoms with Gasteiger partial charge in [0.2, 0.25) is 0 Å². The van der Waals surface area contributed by atoms with E-state index in [2.05, 4.69) is 39.0 Å². The monoisotopic (exact) mass is 313 g/mol. The van der Waals surface area contributed by atoms with Gasteiger partial charge >= 0.3 is 0 Å². The van der Waals surface area contributed by atoms with Crippen molar-refractivity contribution in [2.75, 3.05) is 33.7 Å². The molecular weight excluding hydrogens is 286 g/mol. The molecule has 1 aromatic carbocycles. The summed E-state index contributed by atoms with van der Waals surface area (Å²) in [7, 11) is 4.07. The molecule has 0 amide bonds. The van der Waals surface area contributed by atoms with Crippen molar-refractivity contribution >= 4 is 10.8 Å². The molecular formula is C19H27N3O. The molecule has 23 heavy (non-hydrogen) atoms. The van der Waals surface area contributed by atoms with Crippen LogP contribution in [0.2, 0.25) is 0 Å². The van der Waals surface area contributed by atoms with E-state index in [1.807, 2.05) is 26.5 Å². The number of benzene rings is 1. The number of aliphatic hydroxyl groups is 1. The number of pyridine rings is 1. The topological polar surface area (TPSA) is 39.6 Å². The van der Waals surface area contributed by atoms with Crippen LogP contribution in [0.1, 0.15) is 24.8 Å². The van der Waals surface area contributed by atoms with Crippen LogP contribution in [0.15, 0.2) is 36.7 Å². The first-order chi connectivity index (χ1) is 11.1. The summed E-state index contributed by atoms with van der Waals surface area (Å²) in [5.74, 6) is 0. The lowest BCUT2D eigenvalue weighted by atomic mass is 9.94. The summed E-state index contributed by atoms with van der Waals surface area (Å²) in [4.78, 5) is 8.78. The maximum atomic E-state index is 10.8. The van der Waals surface area contributed by atoms with E-state index in [-0.39, 0.29) is 0 Å². The molecule has 2 aromatic rings. The zero-order valence-corrected chi connectivity index (χ0v) is 14.2. The van der Waals surface area contributed by atoms with Crippen LogP contribution in [-0.4, -0.2) is 59.2 Å². The van der Waals surface area contributed by atoms with Gasteiger partial charge in [0.1, 0.15) is 0 Å². The molecule has 124 valence electrons. The Labute approximate surface area is 138 Å². The highest BCUT2D eigenvalue weighted by Crippen LogP contribution is 2.25. The Hall–Kier alpha value is -1.49. The van der Waals surface area contributed by atoms with Crippen molar-refractivity contribution in [3.05, 3.63) is 42.2 Å². The molecule has 0 bridgehead atoms. The van der Waals surface area contributed by atoms with Gasteiger partial charge in [-0.1, -0.05) is 18.2 Å². The fourth-order valence-electron chi connectivity index (χ4n) is 3.71. The largest absolute Gasteiger partial charge is 0.389 e. The number of rotatable bonds is 4. The fraction of sp³-hybridized carbons (Fsp3) is 0.526. The summed E-state index contributed by atoms with van der Waals surface area (Å²) < 4.78 is 0. The van der Waals surface area contributed by atoms with Gasteiger partial charge in [0.05, 0.1) is 5.60 Å². The van der Waals surface area contributed by atoms with Gasteiger partial charge in [-0.25, -0.2) is 0 Å². The Morgan fingerprint density at radius 2 is 2.09 bits per heavy atom. The van der Waals surface area contributed by atoms with Crippen LogP contribution in [0, 0.1) is 0 Å². The number of aromatic nitrogens is 1. The number of nitrogens with zero attached hydrogens (tertiary/aromatic N) is 3. The Bertz CT molecular complexity index is 653. The van der Waals surface area contributed by atoms with Gasteiger partial charge in [0.15, 0.2) is 0 Å². The van der Waals surface area contributed by atoms with Crippen molar-refractivity contribution in [2.45, 2.75) is 31.4 Å². The predicted molar refractivity (Wildman–Crippen MR) is 94.4 cm³/mol. The summed E-state index contributed by atoms with van der Waals surface area (Å²) >= 11 is 0. The SMILES string of the molecule is CN(C)CC1(O)CCCN(Cc2cccc3cnccc23)CC1. The first kappa shape index (κ1) is 16.4. The van der Waals surface area contributed by atoms with Crippen LogP contribution in [0.4, 0.5) is 0 Å². The number of likely N-dealkylation sites (tertiary alicyclic amines) is 1. The number of hydrogen-bond donors (Lipinski definition) is 1. The van der Waals surface area contributed by atoms with E-state index in [4.69, 9.17) is 0 Å². The maximum Gasteiger partial charge on any atom is 0.0786 e. The van der Waals surface area contributed by atoms with Gasteiger partial charge in [-0.2, -0.15) is 0 Å². The Kier molecular flexibility index (Phi) is 4.95. The van der Waals surface area contributed by atoms with Gasteiger partial charge in [-0.3, -0.25) is 9.88 Å². The van der Waals surface area contributed by atoms with Crippen molar-refractivity contribution in [3.8, 4) is 0 Å². The zero-order chi connectivity index (χ0) is 16.3. The van der Waals surface area contributed by atoms with Gasteiger partial charge in [-0.05, 0) is 56.9 Å². The maximum absolute atomic E-state index is 10.8. The molecule has 4 nitrogen and oxygen atoms in total. The third kappa shape index (κ3) is 4.08. The molecule has 1 atom stereocenters. The summed E-state index contributed by atoms with van der Waals surface area (Å²) in [6.45, 7) is 3.70. The number of likely N-dealkylation sites (N-methyl/N-ethyl adjacent to an activating group) is 1. The minimum atomic E-state index is -0.541. The minimum absolute atomic E-state index is 0.541. The lowest BCUT2D eigenvalue weighted by Crippen LogP contribution is -2.40. The molecule has 0 radical (unpaired) electrons. The van der Waals surface area contributed by atoms with Crippen LogP contribution >= 0.6 is 0 Å². The van der Waals surface area contributed by atoms with Crippen LogP contribution < -0.4 is 0 Å². The van der Waals surface area contributed by atoms with E-state index in [9.17, 15) is 5.11 Å². The summed E-state index contributed by atoms with van der Waals surface area (Å²) in [5, 5.41) is 13.3. The van der Waals surface area contributed by atoms with Crippen molar-refractivity contribution in [3.63, 3.8) is 0 Å². The van der Waals surface area contributed by atoms with Gasteiger partial charge in [-0.15, -0.1) is 0 Å². The molecule has 3 rings (SSSR count). The van der Waals surface area contributed by atoms with E-state index in [0.29, 0.717) is 0 Å². The molecule has 1 aliphatic heterocycles. The highest BCUT2D eigenvalue weighted by molar-refractivity contribution is 5.84. The van der Waals surface area contributed by atoms with Crippen LogP contribution in [0.3, 0.4) is 0 Å². The Morgan fingerprint density at radius 1 is 1.22 bits per heavy atom. The summed E-state index contributed by atoms with van der Waals surface area (Å²) in [6.07, 6.45) is 6.58. The highest BCUT2D eigenvalue weighted by atomic mass is 16.3. The van der Waals surface area contributed by atoms with Gasteiger partial charge in [0, 0.05) is 37.4 Å². The van der Waals surface area contributed by atoms with E-state index in [1.54, 1.807) is 0 Å². The van der Waals surface area contributed by atoms with Gasteiger partial charge < -0.3 is 10.0 Å². The first-order valence-electron chi connectivity index (χ1n) is 8.47. The third-order valence-electron chi connectivity index (χ3n) is 4.79. The lowest BCUT2D eigenvalue weighted by molar-refractivity contribution is 0.00259. The van der Waals surface area contributed by atoms with Crippen LogP contribution in [0.25, 0.3) is 10.8 Å². The summed E-state index contributed by atoms with van der Waals surface area (Å²) in [6, 6.07) is 8.54. The molecule has 0 saturated carbocycles. The zero-order valence-electron chi connectivity index (χ0n) is 14.2. The smallest absolute Gasteiger partial charge is 0.0786 e. The van der Waals surface area contributed by atoms with Crippen LogP contribution in [-0.2, 0) is 6.54 Å². The molecule has 1 fully saturated rings. The Morgan fingerprint density at radius 3 is 2.91 bits per heavy atom. The minimum Gasteiger partial charge on any atom is -0.389 e. The average molecular weight is 313 g/mol.